The first kappa shape index (κ1) is 17.3. The third kappa shape index (κ3) is 3.83. The maximum absolute atomic E-state index is 12.4. The Morgan fingerprint density at radius 2 is 1.93 bits per heavy atom. The van der Waals surface area contributed by atoms with Crippen molar-refractivity contribution >= 4 is 17.5 Å². The Morgan fingerprint density at radius 1 is 1.11 bits per heavy atom. The Labute approximate surface area is 160 Å². The van der Waals surface area contributed by atoms with Gasteiger partial charge in [-0.15, -0.1) is 0 Å². The van der Waals surface area contributed by atoms with Crippen LogP contribution in [0.4, 0.5) is 11.6 Å². The summed E-state index contributed by atoms with van der Waals surface area (Å²) in [6.07, 6.45) is 1.52. The number of carbonyl (C=O) groups is 1. The number of amides is 1. The summed E-state index contributed by atoms with van der Waals surface area (Å²) in [4.78, 5) is 20.8. The minimum atomic E-state index is -0.363. The number of aromatic nitrogens is 2. The number of anilines is 2. The number of nitrogens with one attached hydrogen (secondary N) is 2. The Kier molecular flexibility index (Phi) is 4.72. The van der Waals surface area contributed by atoms with E-state index in [1.807, 2.05) is 24.3 Å². The number of fused-ring (bicyclic) bond motifs is 1. The molecule has 2 heterocycles. The van der Waals surface area contributed by atoms with E-state index in [2.05, 4.69) is 20.6 Å². The SMILES string of the molecule is N#Cc1ccc(NC(=O)c2ccnc(NCc3ccc4c(c3)OCO4)n2)cc1. The summed E-state index contributed by atoms with van der Waals surface area (Å²) in [6.45, 7) is 0.697. The van der Waals surface area contributed by atoms with Crippen molar-refractivity contribution in [2.75, 3.05) is 17.4 Å². The van der Waals surface area contributed by atoms with Crippen LogP contribution in [0.3, 0.4) is 0 Å². The first-order chi connectivity index (χ1) is 13.7. The van der Waals surface area contributed by atoms with Crippen LogP contribution in [0.15, 0.2) is 54.7 Å². The number of hydrogen-bond acceptors (Lipinski definition) is 7. The number of nitriles is 1. The molecule has 1 aromatic heterocycles. The molecule has 0 spiro atoms. The van der Waals surface area contributed by atoms with E-state index in [1.165, 1.54) is 12.3 Å². The molecule has 4 rings (SSSR count). The van der Waals surface area contributed by atoms with Gasteiger partial charge in [-0.05, 0) is 48.0 Å². The van der Waals surface area contributed by atoms with Crippen LogP contribution < -0.4 is 20.1 Å². The number of nitrogens with zero attached hydrogens (tertiary/aromatic N) is 3. The van der Waals surface area contributed by atoms with Crippen LogP contribution in [-0.2, 0) is 6.54 Å². The van der Waals surface area contributed by atoms with Crippen LogP contribution in [0.1, 0.15) is 21.6 Å². The van der Waals surface area contributed by atoms with Gasteiger partial charge in [-0.3, -0.25) is 4.79 Å². The fourth-order valence-corrected chi connectivity index (χ4v) is 2.63. The van der Waals surface area contributed by atoms with E-state index < -0.39 is 0 Å². The highest BCUT2D eigenvalue weighted by Crippen LogP contribution is 2.32. The number of hydrogen-bond donors (Lipinski definition) is 2. The maximum atomic E-state index is 12.4. The molecule has 0 saturated heterocycles. The minimum absolute atomic E-state index is 0.228. The Balaban J connectivity index is 1.40. The second-order valence-corrected chi connectivity index (χ2v) is 5.95. The van der Waals surface area contributed by atoms with E-state index in [4.69, 9.17) is 14.7 Å². The third-order valence-corrected chi connectivity index (χ3v) is 4.05. The summed E-state index contributed by atoms with van der Waals surface area (Å²) in [5.41, 5.74) is 2.31. The fraction of sp³-hybridized carbons (Fsp3) is 0.100. The normalized spacial score (nSPS) is 11.5. The van der Waals surface area contributed by atoms with Gasteiger partial charge >= 0.3 is 0 Å². The summed E-state index contributed by atoms with van der Waals surface area (Å²) in [6, 6.07) is 15.8. The van der Waals surface area contributed by atoms with Crippen molar-refractivity contribution in [2.24, 2.45) is 0 Å². The molecular formula is C20H15N5O3. The van der Waals surface area contributed by atoms with Crippen molar-refractivity contribution in [1.29, 1.82) is 5.26 Å². The van der Waals surface area contributed by atoms with Crippen LogP contribution >= 0.6 is 0 Å². The average molecular weight is 373 g/mol. The highest BCUT2D eigenvalue weighted by molar-refractivity contribution is 6.02. The van der Waals surface area contributed by atoms with Crippen LogP contribution in [0.2, 0.25) is 0 Å². The molecule has 0 fully saturated rings. The molecule has 0 atom stereocenters. The zero-order valence-corrected chi connectivity index (χ0v) is 14.7. The molecule has 2 N–H and O–H groups in total. The van der Waals surface area contributed by atoms with Gasteiger partial charge in [0, 0.05) is 18.4 Å². The molecule has 0 saturated carbocycles. The van der Waals surface area contributed by atoms with E-state index >= 15 is 0 Å². The summed E-state index contributed by atoms with van der Waals surface area (Å²) in [7, 11) is 0. The van der Waals surface area contributed by atoms with Crippen molar-refractivity contribution in [1.82, 2.24) is 9.97 Å². The smallest absolute Gasteiger partial charge is 0.274 e. The quantitative estimate of drug-likeness (QED) is 0.707. The lowest BCUT2D eigenvalue weighted by Crippen LogP contribution is -2.15. The fourth-order valence-electron chi connectivity index (χ4n) is 2.63. The molecule has 0 aliphatic carbocycles. The molecule has 1 aliphatic rings. The summed E-state index contributed by atoms with van der Waals surface area (Å²) in [5.74, 6) is 1.40. The number of rotatable bonds is 5. The molecule has 3 aromatic rings. The van der Waals surface area contributed by atoms with Crippen molar-refractivity contribution in [3.63, 3.8) is 0 Å². The van der Waals surface area contributed by atoms with Crippen molar-refractivity contribution < 1.29 is 14.3 Å². The third-order valence-electron chi connectivity index (χ3n) is 4.05. The van der Waals surface area contributed by atoms with Gasteiger partial charge < -0.3 is 20.1 Å². The highest BCUT2D eigenvalue weighted by Gasteiger charge is 2.13. The van der Waals surface area contributed by atoms with E-state index in [-0.39, 0.29) is 18.4 Å². The minimum Gasteiger partial charge on any atom is -0.454 e. The van der Waals surface area contributed by atoms with E-state index in [9.17, 15) is 4.79 Å². The topological polar surface area (TPSA) is 109 Å². The van der Waals surface area contributed by atoms with Gasteiger partial charge in [0.25, 0.3) is 5.91 Å². The lowest BCUT2D eigenvalue weighted by Gasteiger charge is -2.08. The van der Waals surface area contributed by atoms with Crippen molar-refractivity contribution in [3.05, 3.63) is 71.5 Å². The van der Waals surface area contributed by atoms with Crippen LogP contribution in [-0.4, -0.2) is 22.7 Å². The first-order valence-electron chi connectivity index (χ1n) is 8.48. The molecule has 0 radical (unpaired) electrons. The summed E-state index contributed by atoms with van der Waals surface area (Å²) < 4.78 is 10.7. The molecule has 1 amide bonds. The summed E-state index contributed by atoms with van der Waals surface area (Å²) in [5, 5.41) is 14.7. The number of benzene rings is 2. The molecule has 1 aliphatic heterocycles. The lowest BCUT2D eigenvalue weighted by atomic mass is 10.2. The second kappa shape index (κ2) is 7.63. The summed E-state index contributed by atoms with van der Waals surface area (Å²) >= 11 is 0. The highest BCUT2D eigenvalue weighted by atomic mass is 16.7. The van der Waals surface area contributed by atoms with Gasteiger partial charge in [0.15, 0.2) is 11.5 Å². The molecule has 138 valence electrons. The van der Waals surface area contributed by atoms with Crippen LogP contribution in [0.5, 0.6) is 11.5 Å². The molecular weight excluding hydrogens is 358 g/mol. The molecule has 8 nitrogen and oxygen atoms in total. The van der Waals surface area contributed by atoms with E-state index in [1.54, 1.807) is 24.3 Å². The Bertz CT molecular complexity index is 1060. The van der Waals surface area contributed by atoms with E-state index in [0.29, 0.717) is 29.5 Å². The number of ether oxygens (including phenoxy) is 2. The largest absolute Gasteiger partial charge is 0.454 e. The van der Waals surface area contributed by atoms with Gasteiger partial charge in [0.1, 0.15) is 5.69 Å². The van der Waals surface area contributed by atoms with Crippen molar-refractivity contribution in [2.45, 2.75) is 6.54 Å². The molecule has 8 heteroatoms. The monoisotopic (exact) mass is 373 g/mol. The number of carbonyl (C=O) groups excluding carboxylic acids is 1. The van der Waals surface area contributed by atoms with Crippen LogP contribution in [0, 0.1) is 11.3 Å². The molecule has 2 aromatic carbocycles. The second-order valence-electron chi connectivity index (χ2n) is 5.95. The average Bonchev–Trinajstić information content (AvgIpc) is 3.21. The Morgan fingerprint density at radius 3 is 2.75 bits per heavy atom. The zero-order valence-electron chi connectivity index (χ0n) is 14.7. The zero-order chi connectivity index (χ0) is 19.3. The maximum Gasteiger partial charge on any atom is 0.274 e. The van der Waals surface area contributed by atoms with Gasteiger partial charge in [-0.25, -0.2) is 9.97 Å². The molecule has 0 unspecified atom stereocenters. The first-order valence-corrected chi connectivity index (χ1v) is 8.48. The van der Waals surface area contributed by atoms with Gasteiger partial charge in [0.05, 0.1) is 11.6 Å². The molecule has 0 bridgehead atoms. The predicted octanol–water partition coefficient (Wildman–Crippen LogP) is 2.94. The Hall–Kier alpha value is -4.12. The van der Waals surface area contributed by atoms with E-state index in [0.717, 1.165) is 11.3 Å². The van der Waals surface area contributed by atoms with Crippen LogP contribution in [0.25, 0.3) is 0 Å². The molecule has 28 heavy (non-hydrogen) atoms. The standard InChI is InChI=1S/C20H15N5O3/c21-10-13-1-4-15(5-2-13)24-19(26)16-7-8-22-20(25-16)23-11-14-3-6-17-18(9-14)28-12-27-17/h1-9H,11-12H2,(H,24,26)(H,22,23,25). The van der Waals surface area contributed by atoms with Gasteiger partial charge in [0.2, 0.25) is 12.7 Å². The lowest BCUT2D eigenvalue weighted by molar-refractivity contribution is 0.102. The van der Waals surface area contributed by atoms with Gasteiger partial charge in [-0.2, -0.15) is 5.26 Å². The van der Waals surface area contributed by atoms with Crippen molar-refractivity contribution in [3.8, 4) is 17.6 Å². The predicted molar refractivity (Wildman–Crippen MR) is 101 cm³/mol. The van der Waals surface area contributed by atoms with Gasteiger partial charge in [-0.1, -0.05) is 6.07 Å².